The summed E-state index contributed by atoms with van der Waals surface area (Å²) in [5.74, 6) is 1.02. The van der Waals surface area contributed by atoms with E-state index >= 15 is 0 Å². The Morgan fingerprint density at radius 2 is 2.00 bits per heavy atom. The first kappa shape index (κ1) is 16.0. The number of para-hydroxylation sites is 1. The van der Waals surface area contributed by atoms with Crippen LogP contribution < -0.4 is 5.32 Å². The second-order valence-electron chi connectivity index (χ2n) is 5.68. The minimum atomic E-state index is 0.190. The smallest absolute Gasteiger partial charge is 0.134 e. The topological polar surface area (TPSA) is 37.6 Å². The Labute approximate surface area is 127 Å². The standard InChI is InChI=1S/C17H26N2O2/c1-13-15-7-5-6-8-16(15)21-17(13)14(2)18-9-11-20-12-10-19(3)4/h5-8,14,18H,9-12H2,1-4H3. The second kappa shape index (κ2) is 7.59. The van der Waals surface area contributed by atoms with Crippen molar-refractivity contribution < 1.29 is 9.15 Å². The lowest BCUT2D eigenvalue weighted by atomic mass is 10.1. The molecule has 0 aliphatic rings. The van der Waals surface area contributed by atoms with Gasteiger partial charge >= 0.3 is 0 Å². The molecule has 0 bridgehead atoms. The Hall–Kier alpha value is -1.36. The number of hydrogen-bond acceptors (Lipinski definition) is 4. The van der Waals surface area contributed by atoms with Gasteiger partial charge in [-0.15, -0.1) is 0 Å². The van der Waals surface area contributed by atoms with Gasteiger partial charge in [-0.05, 0) is 39.6 Å². The van der Waals surface area contributed by atoms with E-state index in [2.05, 4.69) is 30.1 Å². The Bertz CT molecular complexity index is 563. The molecule has 0 aliphatic carbocycles. The highest BCUT2D eigenvalue weighted by atomic mass is 16.5. The zero-order chi connectivity index (χ0) is 15.2. The van der Waals surface area contributed by atoms with Crippen molar-refractivity contribution in [2.24, 2.45) is 0 Å². The molecule has 1 unspecified atom stereocenters. The van der Waals surface area contributed by atoms with Gasteiger partial charge in [0, 0.05) is 18.5 Å². The van der Waals surface area contributed by atoms with E-state index in [0.717, 1.165) is 37.6 Å². The number of nitrogens with one attached hydrogen (secondary N) is 1. The lowest BCUT2D eigenvalue weighted by Gasteiger charge is -2.13. The van der Waals surface area contributed by atoms with Crippen LogP contribution in [0.25, 0.3) is 11.0 Å². The van der Waals surface area contributed by atoms with Gasteiger partial charge in [0.15, 0.2) is 0 Å². The van der Waals surface area contributed by atoms with Crippen LogP contribution in [0.4, 0.5) is 0 Å². The molecule has 0 spiro atoms. The molecule has 1 aromatic heterocycles. The van der Waals surface area contributed by atoms with Gasteiger partial charge in [-0.25, -0.2) is 0 Å². The molecule has 21 heavy (non-hydrogen) atoms. The number of aryl methyl sites for hydroxylation is 1. The van der Waals surface area contributed by atoms with Crippen LogP contribution in [0.3, 0.4) is 0 Å². The normalized spacial score (nSPS) is 13.2. The SMILES string of the molecule is Cc1c(C(C)NCCOCCN(C)C)oc2ccccc12. The molecule has 1 atom stereocenters. The van der Waals surface area contributed by atoms with E-state index < -0.39 is 0 Å². The van der Waals surface area contributed by atoms with Crippen molar-refractivity contribution in [2.45, 2.75) is 19.9 Å². The van der Waals surface area contributed by atoms with Gasteiger partial charge in [-0.2, -0.15) is 0 Å². The summed E-state index contributed by atoms with van der Waals surface area (Å²) in [6, 6.07) is 8.36. The van der Waals surface area contributed by atoms with Gasteiger partial charge in [-0.1, -0.05) is 18.2 Å². The first-order chi connectivity index (χ1) is 10.1. The average Bonchev–Trinajstić information content (AvgIpc) is 2.80. The lowest BCUT2D eigenvalue weighted by molar-refractivity contribution is 0.117. The predicted octanol–water partition coefficient (Wildman–Crippen LogP) is 2.97. The molecule has 2 aromatic rings. The highest BCUT2D eigenvalue weighted by molar-refractivity contribution is 5.82. The second-order valence-corrected chi connectivity index (χ2v) is 5.68. The quantitative estimate of drug-likeness (QED) is 0.759. The van der Waals surface area contributed by atoms with Crippen molar-refractivity contribution in [2.75, 3.05) is 40.4 Å². The van der Waals surface area contributed by atoms with E-state index in [1.54, 1.807) is 0 Å². The molecular weight excluding hydrogens is 264 g/mol. The van der Waals surface area contributed by atoms with E-state index in [-0.39, 0.29) is 6.04 Å². The van der Waals surface area contributed by atoms with E-state index in [9.17, 15) is 0 Å². The summed E-state index contributed by atoms with van der Waals surface area (Å²) >= 11 is 0. The number of nitrogens with zero attached hydrogens (tertiary/aromatic N) is 1. The van der Waals surface area contributed by atoms with Crippen LogP contribution in [0, 0.1) is 6.92 Å². The molecule has 1 heterocycles. The summed E-state index contributed by atoms with van der Waals surface area (Å²) < 4.78 is 11.5. The minimum absolute atomic E-state index is 0.190. The van der Waals surface area contributed by atoms with E-state index in [0.29, 0.717) is 0 Å². The molecule has 0 fully saturated rings. The molecule has 0 saturated carbocycles. The number of fused-ring (bicyclic) bond motifs is 1. The van der Waals surface area contributed by atoms with Gasteiger partial charge in [-0.3, -0.25) is 0 Å². The molecule has 2 rings (SSSR count). The Morgan fingerprint density at radius 3 is 2.71 bits per heavy atom. The number of benzene rings is 1. The third kappa shape index (κ3) is 4.30. The van der Waals surface area contributed by atoms with Crippen LogP contribution in [0.2, 0.25) is 0 Å². The fourth-order valence-electron chi connectivity index (χ4n) is 2.40. The highest BCUT2D eigenvalue weighted by Crippen LogP contribution is 2.28. The molecule has 4 nitrogen and oxygen atoms in total. The fraction of sp³-hybridized carbons (Fsp3) is 0.529. The van der Waals surface area contributed by atoms with Crippen LogP contribution in [0.15, 0.2) is 28.7 Å². The third-order valence-electron chi connectivity index (χ3n) is 3.65. The van der Waals surface area contributed by atoms with Crippen LogP contribution in [-0.4, -0.2) is 45.3 Å². The zero-order valence-corrected chi connectivity index (χ0v) is 13.5. The van der Waals surface area contributed by atoms with Crippen LogP contribution in [-0.2, 0) is 4.74 Å². The maximum Gasteiger partial charge on any atom is 0.134 e. The third-order valence-corrected chi connectivity index (χ3v) is 3.65. The number of ether oxygens (including phenoxy) is 1. The summed E-state index contributed by atoms with van der Waals surface area (Å²) in [5, 5.41) is 4.65. The average molecular weight is 290 g/mol. The largest absolute Gasteiger partial charge is 0.459 e. The number of likely N-dealkylation sites (N-methyl/N-ethyl adjacent to an activating group) is 1. The van der Waals surface area contributed by atoms with E-state index in [4.69, 9.17) is 9.15 Å². The lowest BCUT2D eigenvalue weighted by Crippen LogP contribution is -2.25. The van der Waals surface area contributed by atoms with Crippen LogP contribution in [0.1, 0.15) is 24.3 Å². The molecule has 0 radical (unpaired) electrons. The summed E-state index contributed by atoms with van der Waals surface area (Å²) in [4.78, 5) is 2.12. The maximum atomic E-state index is 5.96. The number of rotatable bonds is 8. The van der Waals surface area contributed by atoms with Gasteiger partial charge in [0.05, 0.1) is 19.3 Å². The summed E-state index contributed by atoms with van der Waals surface area (Å²) in [5.41, 5.74) is 2.18. The minimum Gasteiger partial charge on any atom is -0.459 e. The predicted molar refractivity (Wildman–Crippen MR) is 86.7 cm³/mol. The van der Waals surface area contributed by atoms with Crippen molar-refractivity contribution in [3.05, 3.63) is 35.6 Å². The van der Waals surface area contributed by atoms with Gasteiger partial charge in [0.2, 0.25) is 0 Å². The van der Waals surface area contributed by atoms with Crippen molar-refractivity contribution in [3.63, 3.8) is 0 Å². The number of hydrogen-bond donors (Lipinski definition) is 1. The fourth-order valence-corrected chi connectivity index (χ4v) is 2.40. The van der Waals surface area contributed by atoms with E-state index in [1.807, 2.05) is 32.3 Å². The molecule has 1 aromatic carbocycles. The Balaban J connectivity index is 1.82. The summed E-state index contributed by atoms with van der Waals surface area (Å²) in [6.45, 7) is 7.52. The number of furan rings is 1. The molecule has 1 N–H and O–H groups in total. The van der Waals surface area contributed by atoms with Crippen molar-refractivity contribution >= 4 is 11.0 Å². The van der Waals surface area contributed by atoms with Crippen molar-refractivity contribution in [3.8, 4) is 0 Å². The summed E-state index contributed by atoms with van der Waals surface area (Å²) in [7, 11) is 4.10. The van der Waals surface area contributed by atoms with Crippen molar-refractivity contribution in [1.82, 2.24) is 10.2 Å². The Kier molecular flexibility index (Phi) is 5.79. The zero-order valence-electron chi connectivity index (χ0n) is 13.5. The molecule has 4 heteroatoms. The monoisotopic (exact) mass is 290 g/mol. The maximum absolute atomic E-state index is 5.96. The molecule has 0 amide bonds. The van der Waals surface area contributed by atoms with Gasteiger partial charge < -0.3 is 19.4 Å². The molecule has 0 saturated heterocycles. The first-order valence-electron chi connectivity index (χ1n) is 7.53. The van der Waals surface area contributed by atoms with Crippen molar-refractivity contribution in [1.29, 1.82) is 0 Å². The first-order valence-corrected chi connectivity index (χ1v) is 7.53. The van der Waals surface area contributed by atoms with Crippen LogP contribution in [0.5, 0.6) is 0 Å². The highest BCUT2D eigenvalue weighted by Gasteiger charge is 2.15. The van der Waals surface area contributed by atoms with Gasteiger partial charge in [0.1, 0.15) is 11.3 Å². The molecule has 0 aliphatic heterocycles. The van der Waals surface area contributed by atoms with Gasteiger partial charge in [0.25, 0.3) is 0 Å². The molecular formula is C17H26N2O2. The van der Waals surface area contributed by atoms with E-state index in [1.165, 1.54) is 10.9 Å². The summed E-state index contributed by atoms with van der Waals surface area (Å²) in [6.07, 6.45) is 0. The Morgan fingerprint density at radius 1 is 1.24 bits per heavy atom. The molecule has 116 valence electrons. The van der Waals surface area contributed by atoms with Crippen LogP contribution >= 0.6 is 0 Å².